The summed E-state index contributed by atoms with van der Waals surface area (Å²) in [5.41, 5.74) is 0.882. The number of carbonyl (C=O) groups excluding carboxylic acids is 1. The van der Waals surface area contributed by atoms with E-state index < -0.39 is 0 Å². The second-order valence-corrected chi connectivity index (χ2v) is 5.62. The van der Waals surface area contributed by atoms with Crippen LogP contribution >= 0.6 is 11.6 Å². The first-order valence-electron chi connectivity index (χ1n) is 7.10. The van der Waals surface area contributed by atoms with Crippen molar-refractivity contribution in [1.29, 1.82) is 0 Å². The minimum Gasteiger partial charge on any atom is -0.496 e. The first-order chi connectivity index (χ1) is 10.1. The van der Waals surface area contributed by atoms with Gasteiger partial charge in [-0.15, -0.1) is 0 Å². The summed E-state index contributed by atoms with van der Waals surface area (Å²) in [6, 6.07) is 5.54. The van der Waals surface area contributed by atoms with E-state index in [0.717, 1.165) is 37.5 Å². The Balaban J connectivity index is 1.83. The summed E-state index contributed by atoms with van der Waals surface area (Å²) in [5, 5.41) is 3.80. The van der Waals surface area contributed by atoms with Gasteiger partial charge in [-0.1, -0.05) is 17.7 Å². The van der Waals surface area contributed by atoms with E-state index in [1.54, 1.807) is 7.11 Å². The minimum absolute atomic E-state index is 0.133. The first kappa shape index (κ1) is 16.1. The van der Waals surface area contributed by atoms with Crippen LogP contribution in [0.5, 0.6) is 5.75 Å². The van der Waals surface area contributed by atoms with Crippen LogP contribution in [0.25, 0.3) is 0 Å². The third-order valence-electron chi connectivity index (χ3n) is 3.73. The number of hydrogen-bond donors (Lipinski definition) is 1. The van der Waals surface area contributed by atoms with Crippen molar-refractivity contribution in [3.8, 4) is 5.75 Å². The molecule has 1 heterocycles. The van der Waals surface area contributed by atoms with Gasteiger partial charge < -0.3 is 19.9 Å². The predicted octanol–water partition coefficient (Wildman–Crippen LogP) is 1.21. The maximum Gasteiger partial charge on any atom is 0.236 e. The van der Waals surface area contributed by atoms with Crippen LogP contribution in [0.1, 0.15) is 5.56 Å². The molecular weight excluding hydrogens is 290 g/mol. The standard InChI is InChI=1S/C15H22ClN3O2/c1-18-6-8-19(9-7-18)15(20)11-17-10-12-13(16)4-3-5-14(12)21-2/h3-5,17H,6-11H2,1-2H3. The number of piperazine rings is 1. The van der Waals surface area contributed by atoms with E-state index in [1.807, 2.05) is 23.1 Å². The predicted molar refractivity (Wildman–Crippen MR) is 83.8 cm³/mol. The molecule has 5 nitrogen and oxygen atoms in total. The fourth-order valence-electron chi connectivity index (χ4n) is 2.36. The Morgan fingerprint density at radius 1 is 1.33 bits per heavy atom. The number of hydrogen-bond acceptors (Lipinski definition) is 4. The molecule has 116 valence electrons. The number of rotatable bonds is 5. The zero-order valence-electron chi connectivity index (χ0n) is 12.6. The topological polar surface area (TPSA) is 44.8 Å². The Kier molecular flexibility index (Phi) is 5.85. The maximum atomic E-state index is 12.1. The van der Waals surface area contributed by atoms with Crippen LogP contribution in [0.3, 0.4) is 0 Å². The zero-order valence-corrected chi connectivity index (χ0v) is 13.3. The average molecular weight is 312 g/mol. The lowest BCUT2D eigenvalue weighted by Gasteiger charge is -2.32. The lowest BCUT2D eigenvalue weighted by molar-refractivity contribution is -0.131. The van der Waals surface area contributed by atoms with Crippen molar-refractivity contribution >= 4 is 17.5 Å². The molecule has 0 unspecified atom stereocenters. The summed E-state index contributed by atoms with van der Waals surface area (Å²) in [4.78, 5) is 16.2. The number of halogens is 1. The molecule has 1 saturated heterocycles. The van der Waals surface area contributed by atoms with Crippen molar-refractivity contribution in [2.24, 2.45) is 0 Å². The van der Waals surface area contributed by atoms with Crippen LogP contribution in [0.2, 0.25) is 5.02 Å². The highest BCUT2D eigenvalue weighted by Gasteiger charge is 2.18. The van der Waals surface area contributed by atoms with Crippen LogP contribution in [0, 0.1) is 0 Å². The fourth-order valence-corrected chi connectivity index (χ4v) is 2.60. The lowest BCUT2D eigenvalue weighted by atomic mass is 10.2. The van der Waals surface area contributed by atoms with Gasteiger partial charge in [0.15, 0.2) is 0 Å². The van der Waals surface area contributed by atoms with E-state index in [-0.39, 0.29) is 5.91 Å². The van der Waals surface area contributed by atoms with Crippen molar-refractivity contribution in [2.75, 3.05) is 46.9 Å². The Hall–Kier alpha value is -1.30. The Morgan fingerprint density at radius 2 is 2.05 bits per heavy atom. The van der Waals surface area contributed by atoms with Crippen LogP contribution < -0.4 is 10.1 Å². The van der Waals surface area contributed by atoms with E-state index >= 15 is 0 Å². The van der Waals surface area contributed by atoms with E-state index in [1.165, 1.54) is 0 Å². The Bertz CT molecular complexity index is 488. The molecule has 6 heteroatoms. The van der Waals surface area contributed by atoms with Gasteiger partial charge in [0, 0.05) is 43.3 Å². The van der Waals surface area contributed by atoms with Crippen LogP contribution in [0.4, 0.5) is 0 Å². The highest BCUT2D eigenvalue weighted by Crippen LogP contribution is 2.25. The molecule has 21 heavy (non-hydrogen) atoms. The number of likely N-dealkylation sites (N-methyl/N-ethyl adjacent to an activating group) is 1. The third kappa shape index (κ3) is 4.33. The number of amides is 1. The van der Waals surface area contributed by atoms with Gasteiger partial charge in [0.1, 0.15) is 5.75 Å². The highest BCUT2D eigenvalue weighted by molar-refractivity contribution is 6.31. The van der Waals surface area contributed by atoms with Crippen molar-refractivity contribution in [2.45, 2.75) is 6.54 Å². The van der Waals surface area contributed by atoms with Gasteiger partial charge in [0.2, 0.25) is 5.91 Å². The number of benzene rings is 1. The second kappa shape index (κ2) is 7.64. The van der Waals surface area contributed by atoms with Gasteiger partial charge >= 0.3 is 0 Å². The molecule has 0 aliphatic carbocycles. The SMILES string of the molecule is COc1cccc(Cl)c1CNCC(=O)N1CCN(C)CC1. The third-order valence-corrected chi connectivity index (χ3v) is 4.08. The molecule has 0 radical (unpaired) electrons. The van der Waals surface area contributed by atoms with Crippen LogP contribution in [-0.4, -0.2) is 62.6 Å². The van der Waals surface area contributed by atoms with Crippen LogP contribution in [-0.2, 0) is 11.3 Å². The van der Waals surface area contributed by atoms with E-state index in [2.05, 4.69) is 17.3 Å². The molecule has 1 fully saturated rings. The molecule has 0 spiro atoms. The lowest BCUT2D eigenvalue weighted by Crippen LogP contribution is -2.49. The Morgan fingerprint density at radius 3 is 2.71 bits per heavy atom. The molecule has 1 aromatic rings. The summed E-state index contributed by atoms with van der Waals surface area (Å²) in [6.45, 7) is 4.30. The fraction of sp³-hybridized carbons (Fsp3) is 0.533. The highest BCUT2D eigenvalue weighted by atomic mass is 35.5. The van der Waals surface area contributed by atoms with E-state index in [9.17, 15) is 4.79 Å². The van der Waals surface area contributed by atoms with Gasteiger partial charge in [-0.25, -0.2) is 0 Å². The Labute approximate surface area is 130 Å². The first-order valence-corrected chi connectivity index (χ1v) is 7.48. The molecule has 0 atom stereocenters. The van der Waals surface area contributed by atoms with Gasteiger partial charge in [-0.05, 0) is 19.2 Å². The number of nitrogens with zero attached hydrogens (tertiary/aromatic N) is 2. The van der Waals surface area contributed by atoms with Gasteiger partial charge in [0.25, 0.3) is 0 Å². The zero-order chi connectivity index (χ0) is 15.2. The number of carbonyl (C=O) groups is 1. The van der Waals surface area contributed by atoms with Gasteiger partial charge in [-0.3, -0.25) is 4.79 Å². The number of nitrogens with one attached hydrogen (secondary N) is 1. The molecule has 1 aliphatic rings. The molecule has 0 bridgehead atoms. The summed E-state index contributed by atoms with van der Waals surface area (Å²) >= 11 is 6.17. The summed E-state index contributed by atoms with van der Waals surface area (Å²) < 4.78 is 5.29. The molecule has 1 N–H and O–H groups in total. The molecular formula is C15H22ClN3O2. The summed E-state index contributed by atoms with van der Waals surface area (Å²) in [5.74, 6) is 0.871. The summed E-state index contributed by atoms with van der Waals surface area (Å²) in [7, 11) is 3.69. The normalized spacial score (nSPS) is 16.0. The molecule has 0 aromatic heterocycles. The van der Waals surface area contributed by atoms with Gasteiger partial charge in [-0.2, -0.15) is 0 Å². The van der Waals surface area contributed by atoms with Gasteiger partial charge in [0.05, 0.1) is 13.7 Å². The molecule has 1 aromatic carbocycles. The van der Waals surface area contributed by atoms with Crippen molar-refractivity contribution < 1.29 is 9.53 Å². The number of ether oxygens (including phenoxy) is 1. The monoisotopic (exact) mass is 311 g/mol. The maximum absolute atomic E-state index is 12.1. The van der Waals surface area contributed by atoms with Crippen molar-refractivity contribution in [3.63, 3.8) is 0 Å². The smallest absolute Gasteiger partial charge is 0.236 e. The minimum atomic E-state index is 0.133. The largest absolute Gasteiger partial charge is 0.496 e. The van der Waals surface area contributed by atoms with Crippen molar-refractivity contribution in [1.82, 2.24) is 15.1 Å². The molecule has 1 amide bonds. The molecule has 2 rings (SSSR count). The molecule has 0 saturated carbocycles. The summed E-state index contributed by atoms with van der Waals surface area (Å²) in [6.07, 6.45) is 0. The average Bonchev–Trinajstić information content (AvgIpc) is 2.49. The van der Waals surface area contributed by atoms with Crippen molar-refractivity contribution in [3.05, 3.63) is 28.8 Å². The quantitative estimate of drug-likeness (QED) is 0.888. The second-order valence-electron chi connectivity index (χ2n) is 5.21. The van der Waals surface area contributed by atoms with E-state index in [0.29, 0.717) is 18.1 Å². The number of methoxy groups -OCH3 is 1. The van der Waals surface area contributed by atoms with E-state index in [4.69, 9.17) is 16.3 Å². The molecule has 1 aliphatic heterocycles. The van der Waals surface area contributed by atoms with Crippen LogP contribution in [0.15, 0.2) is 18.2 Å².